The third-order valence-corrected chi connectivity index (χ3v) is 4.36. The molecule has 0 spiro atoms. The zero-order chi connectivity index (χ0) is 14.0. The first-order valence-electron chi connectivity index (χ1n) is 6.72. The van der Waals surface area contributed by atoms with E-state index in [2.05, 4.69) is 39.7 Å². The van der Waals surface area contributed by atoms with Crippen LogP contribution in [0.4, 0.5) is 15.8 Å². The van der Waals surface area contributed by atoms with E-state index >= 15 is 0 Å². The van der Waals surface area contributed by atoms with Gasteiger partial charge in [0, 0.05) is 25.2 Å². The van der Waals surface area contributed by atoms with Crippen LogP contribution in [-0.4, -0.2) is 37.6 Å². The summed E-state index contributed by atoms with van der Waals surface area (Å²) in [6, 6.07) is 3.59. The minimum absolute atomic E-state index is 0.253. The lowest BCUT2D eigenvalue weighted by atomic mass is 10.1. The van der Waals surface area contributed by atoms with Gasteiger partial charge in [-0.2, -0.15) is 0 Å². The van der Waals surface area contributed by atoms with Gasteiger partial charge in [-0.1, -0.05) is 6.92 Å². The highest BCUT2D eigenvalue weighted by atomic mass is 79.9. The minimum atomic E-state index is -0.253. The Labute approximate surface area is 122 Å². The van der Waals surface area contributed by atoms with Gasteiger partial charge in [-0.05, 0) is 48.4 Å². The molecule has 0 amide bonds. The van der Waals surface area contributed by atoms with Crippen molar-refractivity contribution in [3.63, 3.8) is 0 Å². The van der Waals surface area contributed by atoms with Gasteiger partial charge in [0.05, 0.1) is 15.8 Å². The molecular weight excluding hydrogens is 309 g/mol. The molecule has 1 heterocycles. The lowest BCUT2D eigenvalue weighted by molar-refractivity contribution is 0.328. The van der Waals surface area contributed by atoms with Crippen molar-refractivity contribution in [1.29, 1.82) is 0 Å². The molecule has 0 saturated carbocycles. The van der Waals surface area contributed by atoms with E-state index in [1.165, 1.54) is 0 Å². The van der Waals surface area contributed by atoms with Crippen LogP contribution >= 0.6 is 15.9 Å². The van der Waals surface area contributed by atoms with Crippen molar-refractivity contribution in [3.05, 3.63) is 22.4 Å². The molecule has 0 radical (unpaired) electrons. The fourth-order valence-corrected chi connectivity index (χ4v) is 3.07. The third-order valence-electron chi connectivity index (χ3n) is 3.75. The number of nitrogens with zero attached hydrogens (tertiary/aromatic N) is 2. The van der Waals surface area contributed by atoms with Gasteiger partial charge >= 0.3 is 0 Å². The second-order valence-electron chi connectivity index (χ2n) is 5.20. The molecule has 3 nitrogen and oxygen atoms in total. The lowest BCUT2D eigenvalue weighted by Gasteiger charge is -2.33. The minimum Gasteiger partial charge on any atom is -0.397 e. The average molecular weight is 330 g/mol. The Bertz CT molecular complexity index is 453. The van der Waals surface area contributed by atoms with Crippen molar-refractivity contribution < 1.29 is 4.39 Å². The monoisotopic (exact) mass is 329 g/mol. The standard InChI is InChI=1S/C14H21BrFN3/c1-3-10-9-18(2)5-4-6-19(10)14-8-12(16)11(15)7-13(14)17/h7-8,10H,3-6,9,17H2,1-2H3. The van der Waals surface area contributed by atoms with Gasteiger partial charge in [-0.25, -0.2) is 4.39 Å². The highest BCUT2D eigenvalue weighted by molar-refractivity contribution is 9.10. The lowest BCUT2D eigenvalue weighted by Crippen LogP contribution is -2.40. The zero-order valence-corrected chi connectivity index (χ0v) is 13.1. The Morgan fingerprint density at radius 2 is 2.16 bits per heavy atom. The highest BCUT2D eigenvalue weighted by Gasteiger charge is 2.24. The maximum atomic E-state index is 13.8. The molecule has 19 heavy (non-hydrogen) atoms. The quantitative estimate of drug-likeness (QED) is 0.846. The molecule has 1 unspecified atom stereocenters. The summed E-state index contributed by atoms with van der Waals surface area (Å²) in [5.41, 5.74) is 7.53. The van der Waals surface area contributed by atoms with Crippen LogP contribution in [0, 0.1) is 5.82 Å². The van der Waals surface area contributed by atoms with E-state index in [1.807, 2.05) is 0 Å². The summed E-state index contributed by atoms with van der Waals surface area (Å²) in [6.07, 6.45) is 2.10. The molecule has 1 aromatic rings. The Hall–Kier alpha value is -0.810. The van der Waals surface area contributed by atoms with Gasteiger partial charge in [-0.3, -0.25) is 0 Å². The van der Waals surface area contributed by atoms with Crippen molar-refractivity contribution >= 4 is 27.3 Å². The number of rotatable bonds is 2. The molecule has 1 aliphatic heterocycles. The molecule has 1 fully saturated rings. The van der Waals surface area contributed by atoms with Crippen molar-refractivity contribution in [2.24, 2.45) is 0 Å². The Morgan fingerprint density at radius 3 is 2.84 bits per heavy atom. The first-order valence-corrected chi connectivity index (χ1v) is 7.52. The fourth-order valence-electron chi connectivity index (χ4n) is 2.71. The zero-order valence-electron chi connectivity index (χ0n) is 11.5. The van der Waals surface area contributed by atoms with Crippen molar-refractivity contribution in [2.45, 2.75) is 25.8 Å². The predicted octanol–water partition coefficient (Wildman–Crippen LogP) is 3.09. The van der Waals surface area contributed by atoms with Crippen molar-refractivity contribution in [3.8, 4) is 0 Å². The number of nitrogen functional groups attached to an aromatic ring is 1. The largest absolute Gasteiger partial charge is 0.397 e. The molecule has 106 valence electrons. The molecule has 0 aromatic heterocycles. The highest BCUT2D eigenvalue weighted by Crippen LogP contribution is 2.32. The van der Waals surface area contributed by atoms with Crippen LogP contribution in [0.15, 0.2) is 16.6 Å². The van der Waals surface area contributed by atoms with Gasteiger partial charge in [0.1, 0.15) is 5.82 Å². The molecule has 1 saturated heterocycles. The fraction of sp³-hybridized carbons (Fsp3) is 0.571. The van der Waals surface area contributed by atoms with E-state index in [9.17, 15) is 4.39 Å². The molecular formula is C14H21BrFN3. The van der Waals surface area contributed by atoms with Crippen LogP contribution in [0.5, 0.6) is 0 Å². The molecule has 2 rings (SSSR count). The molecule has 0 bridgehead atoms. The van der Waals surface area contributed by atoms with Crippen LogP contribution in [-0.2, 0) is 0 Å². The van der Waals surface area contributed by atoms with Gasteiger partial charge in [0.2, 0.25) is 0 Å². The Balaban J connectivity index is 2.35. The van der Waals surface area contributed by atoms with Crippen LogP contribution in [0.1, 0.15) is 19.8 Å². The second kappa shape index (κ2) is 6.09. The maximum absolute atomic E-state index is 13.8. The summed E-state index contributed by atoms with van der Waals surface area (Å²) >= 11 is 3.18. The number of hydrogen-bond donors (Lipinski definition) is 1. The Morgan fingerprint density at radius 1 is 1.42 bits per heavy atom. The topological polar surface area (TPSA) is 32.5 Å². The molecule has 1 aromatic carbocycles. The van der Waals surface area contributed by atoms with Crippen LogP contribution in [0.25, 0.3) is 0 Å². The summed E-state index contributed by atoms with van der Waals surface area (Å²) in [7, 11) is 2.14. The number of halogens is 2. The number of hydrogen-bond acceptors (Lipinski definition) is 3. The number of anilines is 2. The smallest absolute Gasteiger partial charge is 0.139 e. The molecule has 5 heteroatoms. The van der Waals surface area contributed by atoms with Gasteiger partial charge in [0.15, 0.2) is 0 Å². The van der Waals surface area contributed by atoms with Crippen LogP contribution < -0.4 is 10.6 Å². The van der Waals surface area contributed by atoms with E-state index in [0.29, 0.717) is 16.2 Å². The van der Waals surface area contributed by atoms with E-state index in [4.69, 9.17) is 5.73 Å². The van der Waals surface area contributed by atoms with Crippen molar-refractivity contribution in [1.82, 2.24) is 4.90 Å². The maximum Gasteiger partial charge on any atom is 0.139 e. The summed E-state index contributed by atoms with van der Waals surface area (Å²) in [6.45, 7) is 5.16. The third kappa shape index (κ3) is 3.20. The normalized spacial score (nSPS) is 21.5. The van der Waals surface area contributed by atoms with Gasteiger partial charge in [0.25, 0.3) is 0 Å². The van der Waals surface area contributed by atoms with E-state index < -0.39 is 0 Å². The predicted molar refractivity (Wildman–Crippen MR) is 82.1 cm³/mol. The van der Waals surface area contributed by atoms with E-state index in [1.54, 1.807) is 12.1 Å². The number of likely N-dealkylation sites (N-methyl/N-ethyl adjacent to an activating group) is 1. The number of nitrogens with two attached hydrogens (primary N) is 1. The summed E-state index contributed by atoms with van der Waals surface area (Å²) in [5.74, 6) is -0.253. The van der Waals surface area contributed by atoms with Gasteiger partial charge < -0.3 is 15.5 Å². The number of benzene rings is 1. The van der Waals surface area contributed by atoms with E-state index in [-0.39, 0.29) is 5.82 Å². The molecule has 1 aliphatic rings. The molecule has 2 N–H and O–H groups in total. The van der Waals surface area contributed by atoms with Crippen LogP contribution in [0.2, 0.25) is 0 Å². The summed E-state index contributed by atoms with van der Waals surface area (Å²) in [5, 5.41) is 0. The Kier molecular flexibility index (Phi) is 4.68. The first-order chi connectivity index (χ1) is 9.02. The van der Waals surface area contributed by atoms with E-state index in [0.717, 1.165) is 38.2 Å². The summed E-state index contributed by atoms with van der Waals surface area (Å²) in [4.78, 5) is 4.59. The SMILES string of the molecule is CCC1CN(C)CCCN1c1cc(F)c(Br)cc1N. The summed E-state index contributed by atoms with van der Waals surface area (Å²) < 4.78 is 14.2. The molecule has 1 atom stereocenters. The van der Waals surface area contributed by atoms with Crippen molar-refractivity contribution in [2.75, 3.05) is 37.3 Å². The second-order valence-corrected chi connectivity index (χ2v) is 6.05. The average Bonchev–Trinajstić information content (AvgIpc) is 2.55. The van der Waals surface area contributed by atoms with Gasteiger partial charge in [-0.15, -0.1) is 0 Å². The molecule has 0 aliphatic carbocycles. The first kappa shape index (κ1) is 14.6. The van der Waals surface area contributed by atoms with Crippen LogP contribution in [0.3, 0.4) is 0 Å².